The van der Waals surface area contributed by atoms with Crippen LogP contribution in [0.2, 0.25) is 0 Å². The number of likely N-dealkylation sites (tertiary alicyclic amines) is 2. The van der Waals surface area contributed by atoms with Crippen LogP contribution in [0.4, 0.5) is 0 Å². The van der Waals surface area contributed by atoms with Gasteiger partial charge in [-0.05, 0) is 44.6 Å². The first-order valence-electron chi connectivity index (χ1n) is 10.4. The summed E-state index contributed by atoms with van der Waals surface area (Å²) in [6.07, 6.45) is 3.48. The molecule has 1 spiro atoms. The van der Waals surface area contributed by atoms with Crippen molar-refractivity contribution in [2.24, 2.45) is 5.16 Å². The summed E-state index contributed by atoms with van der Waals surface area (Å²) in [5, 5.41) is 13.3. The smallest absolute Gasteiger partial charge is 0.271 e. The van der Waals surface area contributed by atoms with Crippen molar-refractivity contribution in [2.75, 3.05) is 40.3 Å². The maximum absolute atomic E-state index is 12.9. The van der Waals surface area contributed by atoms with E-state index in [4.69, 9.17) is 10.1 Å². The van der Waals surface area contributed by atoms with Gasteiger partial charge in [-0.1, -0.05) is 17.3 Å². The summed E-state index contributed by atoms with van der Waals surface area (Å²) in [7, 11) is 4.20. The molecular weight excluding hydrogens is 366 g/mol. The fourth-order valence-corrected chi connectivity index (χ4v) is 4.68. The number of benzene rings is 1. The second-order valence-corrected chi connectivity index (χ2v) is 8.75. The van der Waals surface area contributed by atoms with Crippen LogP contribution in [0.1, 0.15) is 36.8 Å². The number of hydrogen-bond donors (Lipinski definition) is 0. The van der Waals surface area contributed by atoms with Gasteiger partial charge in [0, 0.05) is 51.6 Å². The topological polar surface area (TPSA) is 72.2 Å². The number of nitriles is 1. The molecule has 1 unspecified atom stereocenters. The number of carbonyl (C=O) groups excluding carboxylic acids is 1. The van der Waals surface area contributed by atoms with E-state index in [2.05, 4.69) is 35.1 Å². The number of piperidine rings is 1. The molecule has 0 N–H and O–H groups in total. The zero-order valence-electron chi connectivity index (χ0n) is 17.3. The Morgan fingerprint density at radius 3 is 2.86 bits per heavy atom. The molecule has 1 amide bonds. The van der Waals surface area contributed by atoms with Crippen molar-refractivity contribution in [1.82, 2.24) is 14.7 Å². The molecule has 3 heterocycles. The molecule has 29 heavy (non-hydrogen) atoms. The second kappa shape index (κ2) is 8.13. The standard InChI is InChI=1S/C22H29N5O2/c1-25(2)19-6-9-27(10-7-19)21(28)20-13-22(29-24-20)8-11-26(16-22)15-18-5-3-4-17(12-18)14-23/h3-5,12,19H,6-11,13,15-16H2,1-2H3. The van der Waals surface area contributed by atoms with Crippen LogP contribution in [0.5, 0.6) is 0 Å². The Bertz CT molecular complexity index is 838. The molecule has 1 aromatic carbocycles. The van der Waals surface area contributed by atoms with Crippen LogP contribution in [0.3, 0.4) is 0 Å². The van der Waals surface area contributed by atoms with E-state index >= 15 is 0 Å². The van der Waals surface area contributed by atoms with Crippen LogP contribution in [0.15, 0.2) is 29.4 Å². The third-order valence-corrected chi connectivity index (χ3v) is 6.43. The Hall–Kier alpha value is -2.43. The molecule has 0 aliphatic carbocycles. The van der Waals surface area contributed by atoms with Gasteiger partial charge in [-0.2, -0.15) is 5.26 Å². The average Bonchev–Trinajstić information content (AvgIpc) is 3.34. The molecule has 0 bridgehead atoms. The molecule has 154 valence electrons. The Morgan fingerprint density at radius 1 is 1.34 bits per heavy atom. The quantitative estimate of drug-likeness (QED) is 0.778. The molecule has 0 radical (unpaired) electrons. The summed E-state index contributed by atoms with van der Waals surface area (Å²) in [5.74, 6) is 0.0410. The van der Waals surface area contributed by atoms with Gasteiger partial charge in [0.05, 0.1) is 11.6 Å². The van der Waals surface area contributed by atoms with Crippen LogP contribution in [0, 0.1) is 11.3 Å². The van der Waals surface area contributed by atoms with Gasteiger partial charge >= 0.3 is 0 Å². The van der Waals surface area contributed by atoms with Crippen LogP contribution >= 0.6 is 0 Å². The van der Waals surface area contributed by atoms with Gasteiger partial charge in [0.2, 0.25) is 0 Å². The van der Waals surface area contributed by atoms with Gasteiger partial charge in [-0.15, -0.1) is 0 Å². The molecule has 4 rings (SSSR count). The Balaban J connectivity index is 1.31. The van der Waals surface area contributed by atoms with Crippen molar-refractivity contribution in [3.63, 3.8) is 0 Å². The maximum Gasteiger partial charge on any atom is 0.271 e. The van der Waals surface area contributed by atoms with E-state index < -0.39 is 0 Å². The third kappa shape index (κ3) is 4.29. The molecule has 2 fully saturated rings. The minimum Gasteiger partial charge on any atom is -0.387 e. The van der Waals surface area contributed by atoms with Crippen molar-refractivity contribution < 1.29 is 9.63 Å². The van der Waals surface area contributed by atoms with Gasteiger partial charge in [0.1, 0.15) is 5.71 Å². The molecule has 0 saturated carbocycles. The SMILES string of the molecule is CN(C)C1CCN(C(=O)C2=NOC3(CCN(Cc4cccc(C#N)c4)C3)C2)CC1. The summed E-state index contributed by atoms with van der Waals surface area (Å²) in [4.78, 5) is 25.2. The third-order valence-electron chi connectivity index (χ3n) is 6.43. The van der Waals surface area contributed by atoms with E-state index in [0.29, 0.717) is 23.7 Å². The summed E-state index contributed by atoms with van der Waals surface area (Å²) >= 11 is 0. The maximum atomic E-state index is 12.9. The molecule has 2 saturated heterocycles. The minimum atomic E-state index is -0.375. The van der Waals surface area contributed by atoms with Crippen LogP contribution < -0.4 is 0 Å². The highest BCUT2D eigenvalue weighted by Gasteiger charge is 2.47. The van der Waals surface area contributed by atoms with Crippen LogP contribution in [-0.2, 0) is 16.2 Å². The van der Waals surface area contributed by atoms with E-state index in [0.717, 1.165) is 57.5 Å². The number of nitrogens with zero attached hydrogens (tertiary/aromatic N) is 5. The lowest BCUT2D eigenvalue weighted by molar-refractivity contribution is -0.125. The fourth-order valence-electron chi connectivity index (χ4n) is 4.68. The lowest BCUT2D eigenvalue weighted by Crippen LogP contribution is -2.47. The average molecular weight is 396 g/mol. The normalized spacial score (nSPS) is 25.3. The number of oxime groups is 1. The second-order valence-electron chi connectivity index (χ2n) is 8.75. The lowest BCUT2D eigenvalue weighted by atomic mass is 9.95. The van der Waals surface area contributed by atoms with Crippen molar-refractivity contribution in [3.05, 3.63) is 35.4 Å². The molecular formula is C22H29N5O2. The number of carbonyl (C=O) groups is 1. The van der Waals surface area contributed by atoms with Gasteiger partial charge in [0.15, 0.2) is 5.60 Å². The summed E-state index contributed by atoms with van der Waals surface area (Å²) in [6.45, 7) is 4.01. The largest absolute Gasteiger partial charge is 0.387 e. The van der Waals surface area contributed by atoms with Gasteiger partial charge in [-0.25, -0.2) is 0 Å². The first-order valence-corrected chi connectivity index (χ1v) is 10.4. The van der Waals surface area contributed by atoms with Crippen LogP contribution in [0.25, 0.3) is 0 Å². The number of amides is 1. The van der Waals surface area contributed by atoms with Crippen molar-refractivity contribution in [1.29, 1.82) is 5.26 Å². The first-order chi connectivity index (χ1) is 14.0. The highest BCUT2D eigenvalue weighted by molar-refractivity contribution is 6.39. The van der Waals surface area contributed by atoms with Crippen molar-refractivity contribution in [3.8, 4) is 6.07 Å². The fraction of sp³-hybridized carbons (Fsp3) is 0.591. The van der Waals surface area contributed by atoms with Gasteiger partial charge in [-0.3, -0.25) is 9.69 Å². The summed E-state index contributed by atoms with van der Waals surface area (Å²) in [6, 6.07) is 10.5. The predicted molar refractivity (Wildman–Crippen MR) is 110 cm³/mol. The van der Waals surface area contributed by atoms with E-state index in [1.807, 2.05) is 29.2 Å². The summed E-state index contributed by atoms with van der Waals surface area (Å²) in [5.41, 5.74) is 2.00. The van der Waals surface area contributed by atoms with E-state index in [-0.39, 0.29) is 11.5 Å². The Morgan fingerprint density at radius 2 is 2.14 bits per heavy atom. The first kappa shape index (κ1) is 19.9. The van der Waals surface area contributed by atoms with E-state index in [1.165, 1.54) is 0 Å². The Labute approximate surface area is 172 Å². The Kier molecular flexibility index (Phi) is 5.57. The monoisotopic (exact) mass is 395 g/mol. The van der Waals surface area contributed by atoms with Crippen molar-refractivity contribution >= 4 is 11.6 Å². The number of hydrogen-bond acceptors (Lipinski definition) is 6. The predicted octanol–water partition coefficient (Wildman–Crippen LogP) is 1.83. The van der Waals surface area contributed by atoms with Gasteiger partial charge < -0.3 is 14.6 Å². The zero-order valence-corrected chi connectivity index (χ0v) is 17.3. The van der Waals surface area contributed by atoms with Crippen LogP contribution in [-0.4, -0.2) is 78.2 Å². The van der Waals surface area contributed by atoms with Crippen molar-refractivity contribution in [2.45, 2.75) is 43.9 Å². The van der Waals surface area contributed by atoms with E-state index in [9.17, 15) is 4.79 Å². The molecule has 7 nitrogen and oxygen atoms in total. The molecule has 0 aromatic heterocycles. The summed E-state index contributed by atoms with van der Waals surface area (Å²) < 4.78 is 0. The molecule has 1 atom stereocenters. The highest BCUT2D eigenvalue weighted by Crippen LogP contribution is 2.35. The molecule has 1 aromatic rings. The highest BCUT2D eigenvalue weighted by atomic mass is 16.7. The zero-order chi connectivity index (χ0) is 20.4. The lowest BCUT2D eigenvalue weighted by Gasteiger charge is -2.35. The van der Waals surface area contributed by atoms with E-state index in [1.54, 1.807) is 0 Å². The molecule has 3 aliphatic heterocycles. The number of rotatable bonds is 4. The minimum absolute atomic E-state index is 0.0410. The molecule has 3 aliphatic rings. The molecule has 7 heteroatoms. The van der Waals surface area contributed by atoms with Gasteiger partial charge in [0.25, 0.3) is 5.91 Å².